The molecule has 75 valence electrons. The second kappa shape index (κ2) is 3.83. The third kappa shape index (κ3) is 1.73. The predicted molar refractivity (Wildman–Crippen MR) is 60.7 cm³/mol. The Morgan fingerprint density at radius 1 is 1.33 bits per heavy atom. The molecule has 1 radical (unpaired) electrons. The number of aromatic nitrogens is 4. The molecule has 6 nitrogen and oxygen atoms in total. The molecule has 9 heteroatoms. The fourth-order valence-corrected chi connectivity index (χ4v) is 2.70. The van der Waals surface area contributed by atoms with E-state index in [4.69, 9.17) is 0 Å². The molecule has 3 rings (SSSR count). The third-order valence-corrected chi connectivity index (χ3v) is 3.56. The van der Waals surface area contributed by atoms with Crippen molar-refractivity contribution >= 4 is 46.1 Å². The number of hydrogen-bond acceptors (Lipinski definition) is 9. The molecule has 0 spiro atoms. The van der Waals surface area contributed by atoms with Crippen molar-refractivity contribution in [3.63, 3.8) is 0 Å². The molecular weight excluding hydrogens is 252 g/mol. The van der Waals surface area contributed by atoms with Gasteiger partial charge in [0.1, 0.15) is 10.7 Å². The molecule has 1 aliphatic heterocycles. The van der Waals surface area contributed by atoms with E-state index in [2.05, 4.69) is 23.3 Å². The Labute approximate surface area is 97.7 Å². The maximum absolute atomic E-state index is 4.24. The number of nitrogens with zero attached hydrogens (tertiary/aromatic N) is 6. The fourth-order valence-electron chi connectivity index (χ4n) is 0.979. The van der Waals surface area contributed by atoms with Gasteiger partial charge in [0.25, 0.3) is 0 Å². The van der Waals surface area contributed by atoms with Crippen molar-refractivity contribution in [2.45, 2.75) is 0 Å². The SMILES string of the molecule is [CH]1N=C(c2cnsn2)SN1c1csnn1. The van der Waals surface area contributed by atoms with Crippen LogP contribution in [0, 0.1) is 6.67 Å². The van der Waals surface area contributed by atoms with Gasteiger partial charge in [-0.05, 0) is 11.5 Å². The molecule has 0 amide bonds. The predicted octanol–water partition coefficient (Wildman–Crippen LogP) is 1.42. The van der Waals surface area contributed by atoms with Crippen LogP contribution in [-0.4, -0.2) is 23.4 Å². The number of hydrogen-bond donors (Lipinski definition) is 0. The zero-order valence-electron chi connectivity index (χ0n) is 7.14. The van der Waals surface area contributed by atoms with E-state index in [9.17, 15) is 0 Å². The van der Waals surface area contributed by atoms with Gasteiger partial charge in [-0.1, -0.05) is 4.49 Å². The van der Waals surface area contributed by atoms with Crippen molar-refractivity contribution in [1.82, 2.24) is 18.3 Å². The maximum Gasteiger partial charge on any atom is 0.176 e. The summed E-state index contributed by atoms with van der Waals surface area (Å²) in [6.07, 6.45) is 1.70. The van der Waals surface area contributed by atoms with Crippen LogP contribution in [0.3, 0.4) is 0 Å². The lowest BCUT2D eigenvalue weighted by Gasteiger charge is -2.08. The average molecular weight is 255 g/mol. The largest absolute Gasteiger partial charge is 0.265 e. The van der Waals surface area contributed by atoms with E-state index in [1.54, 1.807) is 12.9 Å². The highest BCUT2D eigenvalue weighted by atomic mass is 32.2. The standard InChI is InChI=1S/C6H3N6S3/c1-4(10-15-8-1)6-7-3-12(14-6)5-2-13-11-9-5/h1-3H. The average Bonchev–Trinajstić information content (AvgIpc) is 3.02. The Hall–Kier alpha value is -1.06. The lowest BCUT2D eigenvalue weighted by molar-refractivity contribution is 1.10. The van der Waals surface area contributed by atoms with Crippen LogP contribution in [0.5, 0.6) is 0 Å². The summed E-state index contributed by atoms with van der Waals surface area (Å²) < 4.78 is 13.7. The van der Waals surface area contributed by atoms with E-state index in [1.807, 2.05) is 9.69 Å². The number of rotatable bonds is 2. The Kier molecular flexibility index (Phi) is 2.35. The van der Waals surface area contributed by atoms with Crippen molar-refractivity contribution in [2.75, 3.05) is 4.31 Å². The molecule has 0 N–H and O–H groups in total. The van der Waals surface area contributed by atoms with Gasteiger partial charge in [0.15, 0.2) is 12.5 Å². The first-order chi connectivity index (χ1) is 7.43. The molecule has 0 unspecified atom stereocenters. The highest BCUT2D eigenvalue weighted by Gasteiger charge is 2.22. The van der Waals surface area contributed by atoms with Crippen LogP contribution in [0.15, 0.2) is 16.6 Å². The summed E-state index contributed by atoms with van der Waals surface area (Å²) in [4.78, 5) is 4.24. The van der Waals surface area contributed by atoms with Crippen LogP contribution in [0.4, 0.5) is 5.82 Å². The molecule has 0 bridgehead atoms. The van der Waals surface area contributed by atoms with Gasteiger partial charge in [-0.3, -0.25) is 4.31 Å². The maximum atomic E-state index is 4.24. The normalized spacial score (nSPS) is 15.7. The molecular formula is C6H3N6S3. The summed E-state index contributed by atoms with van der Waals surface area (Å²) in [5.41, 5.74) is 0.798. The molecule has 1 aliphatic rings. The van der Waals surface area contributed by atoms with E-state index in [0.717, 1.165) is 16.6 Å². The first-order valence-electron chi connectivity index (χ1n) is 3.87. The van der Waals surface area contributed by atoms with Crippen LogP contribution in [0.25, 0.3) is 0 Å². The van der Waals surface area contributed by atoms with Crippen molar-refractivity contribution in [3.8, 4) is 0 Å². The Bertz CT molecular complexity index is 463. The fraction of sp³-hybridized carbons (Fsp3) is 0. The second-order valence-corrected chi connectivity index (χ2v) is 4.65. The van der Waals surface area contributed by atoms with E-state index in [-0.39, 0.29) is 0 Å². The van der Waals surface area contributed by atoms with E-state index in [1.165, 1.54) is 35.2 Å². The van der Waals surface area contributed by atoms with Crippen LogP contribution < -0.4 is 4.31 Å². The van der Waals surface area contributed by atoms with Gasteiger partial charge in [-0.15, -0.1) is 5.10 Å². The van der Waals surface area contributed by atoms with Crippen molar-refractivity contribution < 1.29 is 0 Å². The quantitative estimate of drug-likeness (QED) is 0.756. The zero-order chi connectivity index (χ0) is 10.1. The van der Waals surface area contributed by atoms with Crippen molar-refractivity contribution in [1.29, 1.82) is 0 Å². The van der Waals surface area contributed by atoms with Gasteiger partial charge < -0.3 is 0 Å². The highest BCUT2D eigenvalue weighted by molar-refractivity contribution is 8.15. The molecule has 15 heavy (non-hydrogen) atoms. The van der Waals surface area contributed by atoms with E-state index >= 15 is 0 Å². The minimum Gasteiger partial charge on any atom is -0.265 e. The molecule has 3 heterocycles. The molecule has 2 aromatic heterocycles. The first-order valence-corrected chi connectivity index (χ1v) is 6.21. The second-order valence-electron chi connectivity index (χ2n) is 2.52. The summed E-state index contributed by atoms with van der Waals surface area (Å²) in [6, 6.07) is 0. The minimum atomic E-state index is 0.784. The molecule has 0 aliphatic carbocycles. The smallest absolute Gasteiger partial charge is 0.176 e. The van der Waals surface area contributed by atoms with Gasteiger partial charge in [-0.25, -0.2) is 4.99 Å². The molecule has 0 saturated heterocycles. The van der Waals surface area contributed by atoms with Crippen LogP contribution in [0.1, 0.15) is 5.69 Å². The van der Waals surface area contributed by atoms with Crippen LogP contribution >= 0.6 is 35.2 Å². The molecule has 2 aromatic rings. The van der Waals surface area contributed by atoms with Gasteiger partial charge in [0.05, 0.1) is 23.3 Å². The lowest BCUT2D eigenvalue weighted by atomic mass is 10.5. The zero-order valence-corrected chi connectivity index (χ0v) is 9.59. The summed E-state index contributed by atoms with van der Waals surface area (Å²) in [7, 11) is 0. The summed E-state index contributed by atoms with van der Waals surface area (Å²) in [5, 5.41) is 6.64. The van der Waals surface area contributed by atoms with Crippen molar-refractivity contribution in [3.05, 3.63) is 23.9 Å². The molecule has 0 aromatic carbocycles. The summed E-state index contributed by atoms with van der Waals surface area (Å²) >= 11 is 3.95. The molecule has 0 atom stereocenters. The van der Waals surface area contributed by atoms with E-state index in [0.29, 0.717) is 0 Å². The summed E-state index contributed by atoms with van der Waals surface area (Å²) in [5.74, 6) is 0.784. The van der Waals surface area contributed by atoms with Gasteiger partial charge in [-0.2, -0.15) is 8.75 Å². The highest BCUT2D eigenvalue weighted by Crippen LogP contribution is 2.31. The Balaban J connectivity index is 1.78. The van der Waals surface area contributed by atoms with Crippen molar-refractivity contribution in [2.24, 2.45) is 4.99 Å². The minimum absolute atomic E-state index is 0.784. The van der Waals surface area contributed by atoms with Gasteiger partial charge in [0.2, 0.25) is 0 Å². The van der Waals surface area contributed by atoms with Gasteiger partial charge in [0, 0.05) is 11.9 Å². The molecule has 0 fully saturated rings. The topological polar surface area (TPSA) is 67.2 Å². The number of anilines is 1. The van der Waals surface area contributed by atoms with Crippen LogP contribution in [-0.2, 0) is 0 Å². The Morgan fingerprint density at radius 2 is 2.33 bits per heavy atom. The monoisotopic (exact) mass is 255 g/mol. The third-order valence-electron chi connectivity index (χ3n) is 1.62. The Morgan fingerprint density at radius 3 is 3.07 bits per heavy atom. The number of aliphatic imine (C=N–C) groups is 1. The lowest BCUT2D eigenvalue weighted by Crippen LogP contribution is -2.06. The first kappa shape index (κ1) is 9.19. The summed E-state index contributed by atoms with van der Waals surface area (Å²) in [6.45, 7) is 1.70. The van der Waals surface area contributed by atoms with Crippen LogP contribution in [0.2, 0.25) is 0 Å². The van der Waals surface area contributed by atoms with E-state index < -0.39 is 0 Å². The molecule has 0 saturated carbocycles. The van der Waals surface area contributed by atoms with Gasteiger partial charge >= 0.3 is 0 Å².